The molecule has 0 bridgehead atoms. The number of hydrogen-bond donors (Lipinski definition) is 2. The molecule has 0 fully saturated rings. The first-order valence-corrected chi connectivity index (χ1v) is 6.12. The second-order valence-corrected chi connectivity index (χ2v) is 3.71. The van der Waals surface area contributed by atoms with Crippen LogP contribution in [-0.2, 0) is 9.47 Å². The Morgan fingerprint density at radius 1 is 1.00 bits per heavy atom. The zero-order valence-corrected chi connectivity index (χ0v) is 10.9. The summed E-state index contributed by atoms with van der Waals surface area (Å²) in [5.41, 5.74) is 6.38. The van der Waals surface area contributed by atoms with Crippen molar-refractivity contribution in [2.45, 2.75) is 0 Å². The van der Waals surface area contributed by atoms with Gasteiger partial charge < -0.3 is 25.3 Å². The van der Waals surface area contributed by atoms with Crippen LogP contribution in [0.25, 0.3) is 0 Å². The van der Waals surface area contributed by atoms with Gasteiger partial charge in [-0.15, -0.1) is 0 Å². The fourth-order valence-corrected chi connectivity index (χ4v) is 1.32. The van der Waals surface area contributed by atoms with Gasteiger partial charge in [-0.2, -0.15) is 0 Å². The number of anilines is 1. The molecule has 0 aromatic heterocycles. The van der Waals surface area contributed by atoms with E-state index in [-0.39, 0.29) is 0 Å². The van der Waals surface area contributed by atoms with Crippen LogP contribution in [0.1, 0.15) is 0 Å². The topological polar surface area (TPSA) is 65.7 Å². The van der Waals surface area contributed by atoms with Gasteiger partial charge in [0.05, 0.1) is 32.1 Å². The molecule has 0 radical (unpaired) electrons. The van der Waals surface area contributed by atoms with Gasteiger partial charge in [-0.05, 0) is 19.2 Å². The summed E-state index contributed by atoms with van der Waals surface area (Å²) in [6.45, 7) is 3.77. The fourth-order valence-electron chi connectivity index (χ4n) is 1.32. The van der Waals surface area contributed by atoms with Crippen molar-refractivity contribution in [2.75, 3.05) is 52.4 Å². The second kappa shape index (κ2) is 9.70. The number of ether oxygens (including phenoxy) is 3. The molecule has 0 atom stereocenters. The van der Waals surface area contributed by atoms with Crippen LogP contribution in [0.2, 0.25) is 0 Å². The van der Waals surface area contributed by atoms with Gasteiger partial charge in [0.2, 0.25) is 0 Å². The van der Waals surface area contributed by atoms with Gasteiger partial charge in [0, 0.05) is 6.54 Å². The molecule has 1 aromatic rings. The maximum Gasteiger partial charge on any atom is 0.142 e. The predicted octanol–water partition coefficient (Wildman–Crippen LogP) is 0.900. The maximum absolute atomic E-state index is 5.74. The number of nitrogens with one attached hydrogen (secondary N) is 1. The van der Waals surface area contributed by atoms with Gasteiger partial charge in [-0.25, -0.2) is 0 Å². The minimum absolute atomic E-state index is 0.491. The molecule has 18 heavy (non-hydrogen) atoms. The highest BCUT2D eigenvalue weighted by Crippen LogP contribution is 2.19. The number of nitrogens with two attached hydrogens (primary N) is 1. The Balaban J connectivity index is 1.94. The lowest BCUT2D eigenvalue weighted by atomic mass is 10.3. The summed E-state index contributed by atoms with van der Waals surface area (Å²) in [5.74, 6) is 0.700. The first-order chi connectivity index (χ1) is 8.84. The fraction of sp³-hybridized carbons (Fsp3) is 0.538. The standard InChI is InChI=1S/C13H22N2O3/c1-15-6-7-16-8-9-17-10-11-18-13-5-3-2-4-12(13)14/h2-5,15H,6-11,14H2,1H3. The summed E-state index contributed by atoms with van der Waals surface area (Å²) in [7, 11) is 1.90. The van der Waals surface area contributed by atoms with E-state index in [0.29, 0.717) is 44.5 Å². The lowest BCUT2D eigenvalue weighted by molar-refractivity contribution is 0.0377. The van der Waals surface area contributed by atoms with Gasteiger partial charge in [-0.3, -0.25) is 0 Å². The minimum atomic E-state index is 0.491. The molecule has 0 aliphatic carbocycles. The van der Waals surface area contributed by atoms with E-state index < -0.39 is 0 Å². The lowest BCUT2D eigenvalue weighted by Crippen LogP contribution is -2.17. The van der Waals surface area contributed by atoms with Crippen LogP contribution in [-0.4, -0.2) is 46.6 Å². The summed E-state index contributed by atoms with van der Waals surface area (Å²) >= 11 is 0. The van der Waals surface area contributed by atoms with Crippen molar-refractivity contribution in [3.63, 3.8) is 0 Å². The maximum atomic E-state index is 5.74. The molecule has 3 N–H and O–H groups in total. The van der Waals surface area contributed by atoms with E-state index in [0.717, 1.165) is 6.54 Å². The van der Waals surface area contributed by atoms with Crippen LogP contribution < -0.4 is 15.8 Å². The van der Waals surface area contributed by atoms with Crippen LogP contribution in [0, 0.1) is 0 Å². The van der Waals surface area contributed by atoms with Crippen LogP contribution in [0.3, 0.4) is 0 Å². The third kappa shape index (κ3) is 6.44. The van der Waals surface area contributed by atoms with E-state index >= 15 is 0 Å². The van der Waals surface area contributed by atoms with Gasteiger partial charge >= 0.3 is 0 Å². The highest BCUT2D eigenvalue weighted by Gasteiger charge is 1.97. The summed E-state index contributed by atoms with van der Waals surface area (Å²) < 4.78 is 16.2. The van der Waals surface area contributed by atoms with Crippen molar-refractivity contribution in [1.29, 1.82) is 0 Å². The monoisotopic (exact) mass is 254 g/mol. The highest BCUT2D eigenvalue weighted by atomic mass is 16.5. The molecule has 0 saturated heterocycles. The molecule has 0 spiro atoms. The summed E-state index contributed by atoms with van der Waals surface area (Å²) in [5, 5.41) is 3.00. The Hall–Kier alpha value is -1.30. The Morgan fingerprint density at radius 3 is 2.39 bits per heavy atom. The van der Waals surface area contributed by atoms with Crippen LogP contribution in [0.5, 0.6) is 5.75 Å². The van der Waals surface area contributed by atoms with Crippen molar-refractivity contribution >= 4 is 5.69 Å². The van der Waals surface area contributed by atoms with Crippen molar-refractivity contribution in [3.05, 3.63) is 24.3 Å². The molecular formula is C13H22N2O3. The Bertz CT molecular complexity index is 321. The first-order valence-electron chi connectivity index (χ1n) is 6.12. The van der Waals surface area contributed by atoms with Crippen LogP contribution in [0.4, 0.5) is 5.69 Å². The van der Waals surface area contributed by atoms with Gasteiger partial charge in [-0.1, -0.05) is 12.1 Å². The average molecular weight is 254 g/mol. The van der Waals surface area contributed by atoms with Gasteiger partial charge in [0.15, 0.2) is 0 Å². The van der Waals surface area contributed by atoms with Crippen molar-refractivity contribution < 1.29 is 14.2 Å². The van der Waals surface area contributed by atoms with E-state index in [1.54, 1.807) is 0 Å². The summed E-state index contributed by atoms with van der Waals surface area (Å²) in [4.78, 5) is 0. The third-order valence-corrected chi connectivity index (χ3v) is 2.27. The number of hydrogen-bond acceptors (Lipinski definition) is 5. The molecule has 102 valence electrons. The lowest BCUT2D eigenvalue weighted by Gasteiger charge is -2.09. The first kappa shape index (κ1) is 14.8. The van der Waals surface area contributed by atoms with Gasteiger partial charge in [0.25, 0.3) is 0 Å². The Kier molecular flexibility index (Phi) is 7.96. The van der Waals surface area contributed by atoms with E-state index in [4.69, 9.17) is 19.9 Å². The zero-order chi connectivity index (χ0) is 13.1. The molecule has 0 unspecified atom stereocenters. The SMILES string of the molecule is CNCCOCCOCCOc1ccccc1N. The van der Waals surface area contributed by atoms with Crippen molar-refractivity contribution in [3.8, 4) is 5.75 Å². The largest absolute Gasteiger partial charge is 0.489 e. The number of likely N-dealkylation sites (N-methyl/N-ethyl adjacent to an activating group) is 1. The average Bonchev–Trinajstić information content (AvgIpc) is 2.39. The van der Waals surface area contributed by atoms with Crippen LogP contribution in [0.15, 0.2) is 24.3 Å². The quantitative estimate of drug-likeness (QED) is 0.480. The third-order valence-electron chi connectivity index (χ3n) is 2.27. The van der Waals surface area contributed by atoms with E-state index in [1.165, 1.54) is 0 Å². The summed E-state index contributed by atoms with van der Waals surface area (Å²) in [6, 6.07) is 7.42. The molecule has 0 heterocycles. The summed E-state index contributed by atoms with van der Waals surface area (Å²) in [6.07, 6.45) is 0. The van der Waals surface area contributed by atoms with Crippen molar-refractivity contribution in [1.82, 2.24) is 5.32 Å². The van der Waals surface area contributed by atoms with E-state index in [2.05, 4.69) is 5.32 Å². The van der Waals surface area contributed by atoms with E-state index in [1.807, 2.05) is 31.3 Å². The molecule has 1 rings (SSSR count). The Morgan fingerprint density at radius 2 is 1.67 bits per heavy atom. The second-order valence-electron chi connectivity index (χ2n) is 3.71. The smallest absolute Gasteiger partial charge is 0.142 e. The predicted molar refractivity (Wildman–Crippen MR) is 71.9 cm³/mol. The minimum Gasteiger partial charge on any atom is -0.489 e. The molecule has 0 aliphatic heterocycles. The molecule has 0 aliphatic rings. The number of para-hydroxylation sites is 2. The highest BCUT2D eigenvalue weighted by molar-refractivity contribution is 5.51. The Labute approximate surface area is 108 Å². The van der Waals surface area contributed by atoms with Gasteiger partial charge in [0.1, 0.15) is 12.4 Å². The number of rotatable bonds is 10. The molecule has 0 amide bonds. The normalized spacial score (nSPS) is 10.5. The van der Waals surface area contributed by atoms with Crippen LogP contribution >= 0.6 is 0 Å². The molecular weight excluding hydrogens is 232 g/mol. The van der Waals surface area contributed by atoms with Crippen molar-refractivity contribution in [2.24, 2.45) is 0 Å². The number of nitrogen functional groups attached to an aromatic ring is 1. The molecule has 5 nitrogen and oxygen atoms in total. The molecule has 1 aromatic carbocycles. The number of benzene rings is 1. The van der Waals surface area contributed by atoms with E-state index in [9.17, 15) is 0 Å². The molecule has 5 heteroatoms. The zero-order valence-electron chi connectivity index (χ0n) is 10.9. The molecule has 0 saturated carbocycles.